The zero-order chi connectivity index (χ0) is 9.97. The zero-order valence-electron chi connectivity index (χ0n) is 7.72. The molecule has 1 unspecified atom stereocenters. The van der Waals surface area contributed by atoms with Crippen LogP contribution in [0.3, 0.4) is 0 Å². The summed E-state index contributed by atoms with van der Waals surface area (Å²) in [6.45, 7) is 0. The van der Waals surface area contributed by atoms with Crippen molar-refractivity contribution in [3.63, 3.8) is 0 Å². The highest BCUT2D eigenvalue weighted by Crippen LogP contribution is 2.28. The molecule has 0 aliphatic heterocycles. The minimum atomic E-state index is 0.212. The maximum absolute atomic E-state index is 4.52. The van der Waals surface area contributed by atoms with E-state index in [1.54, 1.807) is 0 Å². The Balaban J connectivity index is 2.65. The van der Waals surface area contributed by atoms with Crippen LogP contribution in [0.2, 0.25) is 0 Å². The fourth-order valence-corrected chi connectivity index (χ4v) is 2.06. The molecule has 0 aromatic heterocycles. The molecule has 0 saturated heterocycles. The lowest BCUT2D eigenvalue weighted by molar-refractivity contribution is 1.15. The highest BCUT2D eigenvalue weighted by molar-refractivity contribution is 7.84. The second-order valence-corrected chi connectivity index (χ2v) is 4.26. The van der Waals surface area contributed by atoms with Crippen molar-refractivity contribution in [1.29, 1.82) is 0 Å². The summed E-state index contributed by atoms with van der Waals surface area (Å²) in [5.41, 5.74) is 1.27. The Hall–Kier alpha value is -0.600. The van der Waals surface area contributed by atoms with E-state index in [2.05, 4.69) is 67.7 Å². The van der Waals surface area contributed by atoms with Crippen LogP contribution in [0.5, 0.6) is 0 Å². The van der Waals surface area contributed by atoms with Crippen LogP contribution in [0.25, 0.3) is 10.8 Å². The molecule has 0 aliphatic carbocycles. The van der Waals surface area contributed by atoms with Crippen molar-refractivity contribution in [2.75, 3.05) is 5.75 Å². The van der Waals surface area contributed by atoms with E-state index in [4.69, 9.17) is 0 Å². The van der Waals surface area contributed by atoms with Crippen molar-refractivity contribution in [1.82, 2.24) is 0 Å². The van der Waals surface area contributed by atoms with E-state index in [9.17, 15) is 0 Å². The van der Waals surface area contributed by atoms with Gasteiger partial charge in [-0.15, -0.1) is 0 Å². The Bertz CT molecular complexity index is 432. The first-order valence-electron chi connectivity index (χ1n) is 4.59. The first kappa shape index (κ1) is 9.94. The summed E-state index contributed by atoms with van der Waals surface area (Å²) in [5.74, 6) is 0.761. The number of thiol groups is 2. The Labute approximate surface area is 95.2 Å². The van der Waals surface area contributed by atoms with Crippen molar-refractivity contribution in [2.24, 2.45) is 0 Å². The molecule has 2 rings (SSSR count). The van der Waals surface area contributed by atoms with Crippen LogP contribution in [-0.4, -0.2) is 5.75 Å². The van der Waals surface area contributed by atoms with Gasteiger partial charge in [-0.25, -0.2) is 0 Å². The average Bonchev–Trinajstić information content (AvgIpc) is 2.27. The molecule has 1 atom stereocenters. The second-order valence-electron chi connectivity index (χ2n) is 3.27. The normalized spacial score (nSPS) is 13.0. The van der Waals surface area contributed by atoms with Gasteiger partial charge in [-0.1, -0.05) is 42.5 Å². The molecule has 0 heterocycles. The summed E-state index contributed by atoms with van der Waals surface area (Å²) in [6.07, 6.45) is 0. The zero-order valence-corrected chi connectivity index (χ0v) is 9.51. The van der Waals surface area contributed by atoms with Gasteiger partial charge in [0, 0.05) is 11.0 Å². The van der Waals surface area contributed by atoms with Crippen LogP contribution in [0.4, 0.5) is 0 Å². The maximum atomic E-state index is 4.52. The van der Waals surface area contributed by atoms with E-state index in [0.717, 1.165) is 5.75 Å². The third-order valence-electron chi connectivity index (χ3n) is 2.36. The number of hydrogen-bond donors (Lipinski definition) is 2. The molecular weight excluding hydrogens is 208 g/mol. The Kier molecular flexibility index (Phi) is 3.04. The van der Waals surface area contributed by atoms with Crippen molar-refractivity contribution in [3.8, 4) is 0 Å². The highest BCUT2D eigenvalue weighted by atomic mass is 32.1. The largest absolute Gasteiger partial charge is 0.178 e. The summed E-state index contributed by atoms with van der Waals surface area (Å²) in [4.78, 5) is 0. The molecule has 0 spiro atoms. The van der Waals surface area contributed by atoms with E-state index in [-0.39, 0.29) is 5.25 Å². The van der Waals surface area contributed by atoms with Gasteiger partial charge in [0.2, 0.25) is 0 Å². The van der Waals surface area contributed by atoms with Crippen molar-refractivity contribution in [3.05, 3.63) is 48.0 Å². The summed E-state index contributed by atoms with van der Waals surface area (Å²) < 4.78 is 0. The van der Waals surface area contributed by atoms with E-state index in [1.165, 1.54) is 16.3 Å². The minimum absolute atomic E-state index is 0.212. The molecule has 0 fully saturated rings. The van der Waals surface area contributed by atoms with Gasteiger partial charge in [-0.05, 0) is 16.3 Å². The van der Waals surface area contributed by atoms with Crippen LogP contribution in [-0.2, 0) is 0 Å². The van der Waals surface area contributed by atoms with E-state index in [0.29, 0.717) is 0 Å². The fraction of sp³-hybridized carbons (Fsp3) is 0.167. The van der Waals surface area contributed by atoms with E-state index in [1.807, 2.05) is 0 Å². The molecule has 2 aromatic rings. The van der Waals surface area contributed by atoms with Crippen molar-refractivity contribution in [2.45, 2.75) is 5.25 Å². The van der Waals surface area contributed by atoms with Gasteiger partial charge in [0.1, 0.15) is 0 Å². The van der Waals surface area contributed by atoms with Crippen LogP contribution < -0.4 is 0 Å². The lowest BCUT2D eigenvalue weighted by Crippen LogP contribution is -1.92. The molecule has 0 saturated carbocycles. The predicted molar refractivity (Wildman–Crippen MR) is 69.5 cm³/mol. The van der Waals surface area contributed by atoms with E-state index < -0.39 is 0 Å². The third kappa shape index (κ3) is 1.77. The SMILES string of the molecule is SCC(S)c1cccc2ccccc12. The lowest BCUT2D eigenvalue weighted by Gasteiger charge is -2.10. The van der Waals surface area contributed by atoms with Crippen molar-refractivity contribution < 1.29 is 0 Å². The molecule has 14 heavy (non-hydrogen) atoms. The van der Waals surface area contributed by atoms with Gasteiger partial charge < -0.3 is 0 Å². The lowest BCUT2D eigenvalue weighted by atomic mass is 10.0. The van der Waals surface area contributed by atoms with Gasteiger partial charge in [0.05, 0.1) is 0 Å². The first-order valence-corrected chi connectivity index (χ1v) is 5.74. The molecule has 0 radical (unpaired) electrons. The fourth-order valence-electron chi connectivity index (χ4n) is 1.64. The van der Waals surface area contributed by atoms with Crippen LogP contribution in [0.1, 0.15) is 10.8 Å². The first-order chi connectivity index (χ1) is 6.83. The summed E-state index contributed by atoms with van der Waals surface area (Å²) in [6, 6.07) is 14.7. The molecule has 0 nitrogen and oxygen atoms in total. The van der Waals surface area contributed by atoms with Gasteiger partial charge in [0.25, 0.3) is 0 Å². The molecular formula is C12H12S2. The Morgan fingerprint density at radius 3 is 2.50 bits per heavy atom. The molecule has 0 N–H and O–H groups in total. The summed E-state index contributed by atoms with van der Waals surface area (Å²) in [5, 5.41) is 2.76. The number of hydrogen-bond acceptors (Lipinski definition) is 2. The third-order valence-corrected chi connectivity index (χ3v) is 3.47. The van der Waals surface area contributed by atoms with Crippen LogP contribution in [0, 0.1) is 0 Å². The quantitative estimate of drug-likeness (QED) is 0.708. The summed E-state index contributed by atoms with van der Waals surface area (Å²) >= 11 is 8.80. The monoisotopic (exact) mass is 220 g/mol. The highest BCUT2D eigenvalue weighted by Gasteiger charge is 2.07. The van der Waals surface area contributed by atoms with Crippen LogP contribution in [0.15, 0.2) is 42.5 Å². The van der Waals surface area contributed by atoms with Gasteiger partial charge in [-0.3, -0.25) is 0 Å². The molecule has 2 heteroatoms. The number of rotatable bonds is 2. The van der Waals surface area contributed by atoms with Crippen molar-refractivity contribution >= 4 is 36.0 Å². The number of benzene rings is 2. The topological polar surface area (TPSA) is 0 Å². The molecule has 2 aromatic carbocycles. The maximum Gasteiger partial charge on any atom is 0.0361 e. The molecule has 0 aliphatic rings. The molecule has 72 valence electrons. The Morgan fingerprint density at radius 1 is 1.00 bits per heavy atom. The summed E-state index contributed by atoms with van der Waals surface area (Å²) in [7, 11) is 0. The van der Waals surface area contributed by atoms with Gasteiger partial charge in [0.15, 0.2) is 0 Å². The average molecular weight is 220 g/mol. The van der Waals surface area contributed by atoms with E-state index >= 15 is 0 Å². The second kappa shape index (κ2) is 4.28. The Morgan fingerprint density at radius 2 is 1.71 bits per heavy atom. The standard InChI is InChI=1S/C12H12S2/c13-8-12(14)11-7-3-5-9-4-1-2-6-10(9)11/h1-7,12-14H,8H2. The molecule has 0 bridgehead atoms. The van der Waals surface area contributed by atoms with Crippen LogP contribution >= 0.6 is 25.3 Å². The molecule has 0 amide bonds. The minimum Gasteiger partial charge on any atom is -0.178 e. The predicted octanol–water partition coefficient (Wildman–Crippen LogP) is 3.74. The number of fused-ring (bicyclic) bond motifs is 1. The van der Waals surface area contributed by atoms with Gasteiger partial charge in [-0.2, -0.15) is 25.3 Å². The van der Waals surface area contributed by atoms with Gasteiger partial charge >= 0.3 is 0 Å². The smallest absolute Gasteiger partial charge is 0.0361 e.